The van der Waals surface area contributed by atoms with Crippen molar-refractivity contribution in [2.75, 3.05) is 13.1 Å². The second-order valence-corrected chi connectivity index (χ2v) is 5.93. The van der Waals surface area contributed by atoms with E-state index in [-0.39, 0.29) is 5.66 Å². The first-order valence-corrected chi connectivity index (χ1v) is 7.25. The van der Waals surface area contributed by atoms with Crippen LogP contribution in [0.15, 0.2) is 24.3 Å². The van der Waals surface area contributed by atoms with E-state index in [1.807, 2.05) is 18.2 Å². The summed E-state index contributed by atoms with van der Waals surface area (Å²) < 4.78 is 0. The normalized spacial score (nSPS) is 21.3. The molecule has 3 heteroatoms. The Morgan fingerprint density at radius 2 is 1.78 bits per heavy atom. The van der Waals surface area contributed by atoms with E-state index in [2.05, 4.69) is 17.9 Å². The SMILES string of the molecule is CC(N)(Cc1ccccc1Cl)N1CCCCCC1. The van der Waals surface area contributed by atoms with Gasteiger partial charge in [-0.25, -0.2) is 0 Å². The summed E-state index contributed by atoms with van der Waals surface area (Å²) in [5.74, 6) is 0. The first-order chi connectivity index (χ1) is 8.59. The van der Waals surface area contributed by atoms with Gasteiger partial charge in [-0.2, -0.15) is 0 Å². The van der Waals surface area contributed by atoms with Gasteiger partial charge in [-0.1, -0.05) is 42.6 Å². The molecule has 0 aromatic heterocycles. The van der Waals surface area contributed by atoms with Crippen LogP contribution in [0.25, 0.3) is 0 Å². The molecule has 1 heterocycles. The Labute approximate surface area is 115 Å². The number of nitrogens with two attached hydrogens (primary N) is 1. The van der Waals surface area contributed by atoms with Gasteiger partial charge >= 0.3 is 0 Å². The maximum Gasteiger partial charge on any atom is 0.0700 e. The second kappa shape index (κ2) is 6.05. The van der Waals surface area contributed by atoms with Crippen LogP contribution in [0, 0.1) is 0 Å². The predicted molar refractivity (Wildman–Crippen MR) is 77.8 cm³/mol. The molecule has 0 bridgehead atoms. The molecule has 1 aliphatic rings. The summed E-state index contributed by atoms with van der Waals surface area (Å²) in [5, 5.41) is 0.823. The van der Waals surface area contributed by atoms with Crippen LogP contribution in [-0.4, -0.2) is 23.7 Å². The molecule has 0 aliphatic carbocycles. The minimum Gasteiger partial charge on any atom is -0.313 e. The Morgan fingerprint density at radius 1 is 1.17 bits per heavy atom. The van der Waals surface area contributed by atoms with Gasteiger partial charge in [0.2, 0.25) is 0 Å². The summed E-state index contributed by atoms with van der Waals surface area (Å²) in [6, 6.07) is 8.01. The lowest BCUT2D eigenvalue weighted by Crippen LogP contribution is -2.55. The molecule has 2 nitrogen and oxygen atoms in total. The molecule has 1 fully saturated rings. The van der Waals surface area contributed by atoms with Crippen molar-refractivity contribution in [1.29, 1.82) is 0 Å². The van der Waals surface area contributed by atoms with Crippen molar-refractivity contribution in [3.05, 3.63) is 34.9 Å². The molecular formula is C15H23ClN2. The zero-order valence-electron chi connectivity index (χ0n) is 11.2. The van der Waals surface area contributed by atoms with Crippen LogP contribution in [0.3, 0.4) is 0 Å². The Bertz CT molecular complexity index is 382. The molecule has 0 radical (unpaired) electrons. The van der Waals surface area contributed by atoms with Crippen LogP contribution in [0.2, 0.25) is 5.02 Å². The van der Waals surface area contributed by atoms with Crippen molar-refractivity contribution in [2.24, 2.45) is 5.73 Å². The van der Waals surface area contributed by atoms with Crippen molar-refractivity contribution in [1.82, 2.24) is 4.90 Å². The van der Waals surface area contributed by atoms with Crippen LogP contribution in [-0.2, 0) is 6.42 Å². The molecule has 1 saturated heterocycles. The third-order valence-corrected chi connectivity index (χ3v) is 4.20. The number of nitrogens with zero attached hydrogens (tertiary/aromatic N) is 1. The van der Waals surface area contributed by atoms with E-state index >= 15 is 0 Å². The first kappa shape index (κ1) is 13.9. The van der Waals surface area contributed by atoms with Crippen molar-refractivity contribution in [3.8, 4) is 0 Å². The molecule has 2 rings (SSSR count). The van der Waals surface area contributed by atoms with Gasteiger partial charge in [-0.3, -0.25) is 4.90 Å². The topological polar surface area (TPSA) is 29.3 Å². The third-order valence-electron chi connectivity index (χ3n) is 3.83. The van der Waals surface area contributed by atoms with Gasteiger partial charge in [0.1, 0.15) is 0 Å². The Balaban J connectivity index is 2.08. The highest BCUT2D eigenvalue weighted by Crippen LogP contribution is 2.24. The van der Waals surface area contributed by atoms with Crippen molar-refractivity contribution >= 4 is 11.6 Å². The fourth-order valence-electron chi connectivity index (χ4n) is 2.72. The van der Waals surface area contributed by atoms with E-state index in [1.54, 1.807) is 0 Å². The molecule has 100 valence electrons. The highest BCUT2D eigenvalue weighted by atomic mass is 35.5. The van der Waals surface area contributed by atoms with Gasteiger partial charge in [0.05, 0.1) is 5.66 Å². The summed E-state index contributed by atoms with van der Waals surface area (Å²) >= 11 is 6.23. The average Bonchev–Trinajstić information content (AvgIpc) is 2.61. The molecule has 1 aliphatic heterocycles. The molecule has 1 unspecified atom stereocenters. The smallest absolute Gasteiger partial charge is 0.0700 e. The Hall–Kier alpha value is -0.570. The largest absolute Gasteiger partial charge is 0.313 e. The summed E-state index contributed by atoms with van der Waals surface area (Å²) in [6.45, 7) is 4.34. The van der Waals surface area contributed by atoms with E-state index in [0.717, 1.165) is 30.1 Å². The average molecular weight is 267 g/mol. The molecular weight excluding hydrogens is 244 g/mol. The first-order valence-electron chi connectivity index (χ1n) is 6.87. The highest BCUT2D eigenvalue weighted by Gasteiger charge is 2.28. The van der Waals surface area contributed by atoms with Gasteiger partial charge in [0.25, 0.3) is 0 Å². The summed E-state index contributed by atoms with van der Waals surface area (Å²) in [5.41, 5.74) is 7.38. The molecule has 0 spiro atoms. The molecule has 1 atom stereocenters. The van der Waals surface area contributed by atoms with Crippen LogP contribution in [0.5, 0.6) is 0 Å². The molecule has 0 amide bonds. The lowest BCUT2D eigenvalue weighted by Gasteiger charge is -2.38. The number of halogens is 1. The zero-order valence-corrected chi connectivity index (χ0v) is 11.9. The highest BCUT2D eigenvalue weighted by molar-refractivity contribution is 6.31. The minimum absolute atomic E-state index is 0.296. The molecule has 2 N–H and O–H groups in total. The number of hydrogen-bond acceptors (Lipinski definition) is 2. The van der Waals surface area contributed by atoms with E-state index in [9.17, 15) is 0 Å². The number of rotatable bonds is 3. The second-order valence-electron chi connectivity index (χ2n) is 5.53. The molecule has 18 heavy (non-hydrogen) atoms. The van der Waals surface area contributed by atoms with Gasteiger partial charge < -0.3 is 5.73 Å². The lowest BCUT2D eigenvalue weighted by molar-refractivity contribution is 0.113. The minimum atomic E-state index is -0.296. The van der Waals surface area contributed by atoms with E-state index in [4.69, 9.17) is 17.3 Å². The zero-order chi connectivity index (χ0) is 13.0. The maximum absolute atomic E-state index is 6.53. The number of benzene rings is 1. The monoisotopic (exact) mass is 266 g/mol. The summed E-state index contributed by atoms with van der Waals surface area (Å²) in [7, 11) is 0. The third kappa shape index (κ3) is 3.47. The molecule has 0 saturated carbocycles. The standard InChI is InChI=1S/C15H23ClN2/c1-15(17,18-10-6-2-3-7-11-18)12-13-8-4-5-9-14(13)16/h4-5,8-9H,2-3,6-7,10-12,17H2,1H3. The van der Waals surface area contributed by atoms with Crippen LogP contribution < -0.4 is 5.73 Å². The van der Waals surface area contributed by atoms with E-state index in [0.29, 0.717) is 0 Å². The maximum atomic E-state index is 6.53. The van der Waals surface area contributed by atoms with Gasteiger partial charge in [-0.15, -0.1) is 0 Å². The van der Waals surface area contributed by atoms with Crippen LogP contribution in [0.4, 0.5) is 0 Å². The van der Waals surface area contributed by atoms with Crippen molar-refractivity contribution < 1.29 is 0 Å². The number of hydrogen-bond donors (Lipinski definition) is 1. The van der Waals surface area contributed by atoms with Gasteiger partial charge in [-0.05, 0) is 44.5 Å². The Kier molecular flexibility index (Phi) is 4.66. The van der Waals surface area contributed by atoms with E-state index < -0.39 is 0 Å². The summed E-state index contributed by atoms with van der Waals surface area (Å²) in [6.07, 6.45) is 5.99. The predicted octanol–water partition coefficient (Wildman–Crippen LogP) is 3.43. The molecule has 1 aromatic rings. The fourth-order valence-corrected chi connectivity index (χ4v) is 2.92. The summed E-state index contributed by atoms with van der Waals surface area (Å²) in [4.78, 5) is 2.42. The molecule has 1 aromatic carbocycles. The van der Waals surface area contributed by atoms with Crippen LogP contribution >= 0.6 is 11.6 Å². The lowest BCUT2D eigenvalue weighted by atomic mass is 10.00. The quantitative estimate of drug-likeness (QED) is 0.908. The van der Waals surface area contributed by atoms with Gasteiger partial charge in [0, 0.05) is 11.4 Å². The van der Waals surface area contributed by atoms with Crippen molar-refractivity contribution in [2.45, 2.75) is 44.7 Å². The van der Waals surface area contributed by atoms with Crippen LogP contribution in [0.1, 0.15) is 38.2 Å². The fraction of sp³-hybridized carbons (Fsp3) is 0.600. The van der Waals surface area contributed by atoms with Gasteiger partial charge in [0.15, 0.2) is 0 Å². The van der Waals surface area contributed by atoms with Crippen molar-refractivity contribution in [3.63, 3.8) is 0 Å². The number of likely N-dealkylation sites (tertiary alicyclic amines) is 1. The van der Waals surface area contributed by atoms with E-state index in [1.165, 1.54) is 25.7 Å². The Morgan fingerprint density at radius 3 is 2.39 bits per heavy atom.